The minimum Gasteiger partial charge on any atom is -0.0619 e. The van der Waals surface area contributed by atoms with Crippen molar-refractivity contribution in [3.05, 3.63) is 215 Å². The summed E-state index contributed by atoms with van der Waals surface area (Å²) in [6.45, 7) is 23.5. The first-order valence-electron chi connectivity index (χ1n) is 25.4. The highest BCUT2D eigenvalue weighted by molar-refractivity contribution is 6.35. The number of hydrogen-bond acceptors (Lipinski definition) is 0. The maximum Gasteiger partial charge on any atom is 0.0159 e. The summed E-state index contributed by atoms with van der Waals surface area (Å²) >= 11 is 0. The SMILES string of the molecule is CC(C)(C)c1ccc(-c2ccc3c4cccc5c(-c6ccc(C(C)(C)C)cc6-c6ccc7c(c6)C(C)(C)c6ccccc6-7)ccc(c6cccc2c63)c54)c(-c2ccc3c(c2)C(C)(C)c2ccccc2-3)c1. The van der Waals surface area contributed by atoms with Crippen LogP contribution in [0.25, 0.3) is 110 Å². The second kappa shape index (κ2) is 14.6. The van der Waals surface area contributed by atoms with Gasteiger partial charge in [0.2, 0.25) is 0 Å². The van der Waals surface area contributed by atoms with Gasteiger partial charge >= 0.3 is 0 Å². The Balaban J connectivity index is 1.00. The minimum atomic E-state index is -0.0816. The summed E-state index contributed by atoms with van der Waals surface area (Å²) in [5.41, 5.74) is 23.8. The third kappa shape index (κ3) is 6.08. The molecule has 2 aliphatic carbocycles. The average Bonchev–Trinajstić information content (AvgIpc) is 3.73. The lowest BCUT2D eigenvalue weighted by Gasteiger charge is -2.25. The summed E-state index contributed by atoms with van der Waals surface area (Å²) in [7, 11) is 0. The minimum absolute atomic E-state index is 0.000709. The van der Waals surface area contributed by atoms with E-state index in [2.05, 4.69) is 251 Å². The predicted molar refractivity (Wildman–Crippen MR) is 302 cm³/mol. The summed E-state index contributed by atoms with van der Waals surface area (Å²) in [6.07, 6.45) is 0. The van der Waals surface area contributed by atoms with Crippen molar-refractivity contribution >= 4 is 43.1 Å². The molecule has 340 valence electrons. The van der Waals surface area contributed by atoms with Crippen molar-refractivity contribution in [2.45, 2.75) is 90.9 Å². The third-order valence-corrected chi connectivity index (χ3v) is 16.8. The van der Waals surface area contributed by atoms with E-state index in [0.717, 1.165) is 0 Å². The summed E-state index contributed by atoms with van der Waals surface area (Å²) < 4.78 is 0. The van der Waals surface area contributed by atoms with E-state index in [9.17, 15) is 0 Å². The largest absolute Gasteiger partial charge is 0.0619 e. The number of hydrogen-bond donors (Lipinski definition) is 0. The zero-order chi connectivity index (χ0) is 48.2. The molecular weight excluding hydrogens is 841 g/mol. The van der Waals surface area contributed by atoms with E-state index in [-0.39, 0.29) is 21.7 Å². The van der Waals surface area contributed by atoms with Gasteiger partial charge in [0.1, 0.15) is 0 Å². The Labute approximate surface area is 414 Å². The molecule has 2 aliphatic rings. The highest BCUT2D eigenvalue weighted by atomic mass is 14.4. The van der Waals surface area contributed by atoms with Crippen molar-refractivity contribution in [3.63, 3.8) is 0 Å². The van der Waals surface area contributed by atoms with Crippen LogP contribution in [0.3, 0.4) is 0 Å². The van der Waals surface area contributed by atoms with Crippen molar-refractivity contribution in [3.8, 4) is 66.8 Å². The Hall–Kier alpha value is -7.28. The van der Waals surface area contributed by atoms with Gasteiger partial charge in [0.15, 0.2) is 0 Å². The Kier molecular flexibility index (Phi) is 8.94. The maximum absolute atomic E-state index is 2.49. The normalized spacial score (nSPS) is 14.7. The maximum atomic E-state index is 2.49. The molecule has 0 heteroatoms. The van der Waals surface area contributed by atoms with Crippen LogP contribution in [-0.4, -0.2) is 0 Å². The van der Waals surface area contributed by atoms with Gasteiger partial charge in [-0.05, 0) is 166 Å². The van der Waals surface area contributed by atoms with Gasteiger partial charge in [0.05, 0.1) is 0 Å². The lowest BCUT2D eigenvalue weighted by molar-refractivity contribution is 0.590. The van der Waals surface area contributed by atoms with E-state index in [0.29, 0.717) is 0 Å². The first-order valence-corrected chi connectivity index (χ1v) is 25.4. The molecule has 0 bridgehead atoms. The Morgan fingerprint density at radius 3 is 1.01 bits per heavy atom. The number of benzene rings is 11. The van der Waals surface area contributed by atoms with Crippen LogP contribution in [0.5, 0.6) is 0 Å². The van der Waals surface area contributed by atoms with Crippen LogP contribution in [0, 0.1) is 0 Å². The summed E-state index contributed by atoms with van der Waals surface area (Å²) in [5, 5.41) is 10.5. The molecule has 0 aromatic heterocycles. The molecule has 0 atom stereocenters. The van der Waals surface area contributed by atoms with Crippen LogP contribution in [-0.2, 0) is 21.7 Å². The van der Waals surface area contributed by atoms with Gasteiger partial charge in [-0.3, -0.25) is 0 Å². The van der Waals surface area contributed by atoms with E-state index in [1.807, 2.05) is 0 Å². The molecule has 0 spiro atoms. The fraction of sp³-hybridized carbons (Fsp3) is 0.200. The molecule has 13 rings (SSSR count). The molecule has 0 radical (unpaired) electrons. The van der Waals surface area contributed by atoms with E-state index in [4.69, 9.17) is 0 Å². The van der Waals surface area contributed by atoms with E-state index in [1.165, 1.54) is 143 Å². The first-order chi connectivity index (χ1) is 33.5. The zero-order valence-electron chi connectivity index (χ0n) is 42.3. The van der Waals surface area contributed by atoms with Gasteiger partial charge in [-0.2, -0.15) is 0 Å². The zero-order valence-corrected chi connectivity index (χ0v) is 42.3. The molecule has 0 fully saturated rings. The molecule has 0 N–H and O–H groups in total. The average molecular weight is 901 g/mol. The summed E-state index contributed by atoms with van der Waals surface area (Å²) in [6, 6.07) is 70.6. The summed E-state index contributed by atoms with van der Waals surface area (Å²) in [4.78, 5) is 0. The number of rotatable bonds is 4. The van der Waals surface area contributed by atoms with Gasteiger partial charge < -0.3 is 0 Å². The first kappa shape index (κ1) is 42.8. The lowest BCUT2D eigenvalue weighted by atomic mass is 9.79. The molecule has 11 aromatic carbocycles. The molecule has 0 heterocycles. The highest BCUT2D eigenvalue weighted by Gasteiger charge is 2.37. The standard InChI is InChI=1S/C70H60/c1-67(2,3)43-27-31-47(59(39-43)41-25-29-51-49-17-11-13-23-61(49)69(7,8)63(51)37-41)45-33-35-57-56-22-16-20-54-46(34-36-58(66(54)56)55-21-15-19-53(45)65(55)57)48-32-28-44(68(4,5)6)40-60(48)42-26-30-52-50-18-12-14-24-62(50)70(9,10)64(52)38-42/h11-40H,1-10H3. The van der Waals surface area contributed by atoms with Gasteiger partial charge in [-0.25, -0.2) is 0 Å². The van der Waals surface area contributed by atoms with Crippen LogP contribution in [0.2, 0.25) is 0 Å². The van der Waals surface area contributed by atoms with Crippen LogP contribution < -0.4 is 0 Å². The molecular formula is C70H60. The Bertz CT molecular complexity index is 3720. The molecule has 0 amide bonds. The van der Waals surface area contributed by atoms with E-state index in [1.54, 1.807) is 0 Å². The molecule has 0 aliphatic heterocycles. The molecule has 0 saturated carbocycles. The van der Waals surface area contributed by atoms with Gasteiger partial charge in [0.25, 0.3) is 0 Å². The Morgan fingerprint density at radius 2 is 0.600 bits per heavy atom. The van der Waals surface area contributed by atoms with Crippen molar-refractivity contribution in [2.75, 3.05) is 0 Å². The molecule has 0 unspecified atom stereocenters. The monoisotopic (exact) mass is 900 g/mol. The molecule has 0 saturated heterocycles. The van der Waals surface area contributed by atoms with Crippen molar-refractivity contribution < 1.29 is 0 Å². The fourth-order valence-corrected chi connectivity index (χ4v) is 12.9. The van der Waals surface area contributed by atoms with Crippen molar-refractivity contribution in [1.82, 2.24) is 0 Å². The van der Waals surface area contributed by atoms with Crippen molar-refractivity contribution in [1.29, 1.82) is 0 Å². The molecule has 0 nitrogen and oxygen atoms in total. The van der Waals surface area contributed by atoms with Gasteiger partial charge in [0, 0.05) is 10.8 Å². The third-order valence-electron chi connectivity index (χ3n) is 16.8. The smallest absolute Gasteiger partial charge is 0.0159 e. The van der Waals surface area contributed by atoms with Crippen LogP contribution in [0.1, 0.15) is 103 Å². The van der Waals surface area contributed by atoms with E-state index >= 15 is 0 Å². The predicted octanol–water partition coefficient (Wildman–Crippen LogP) is 19.6. The molecule has 11 aromatic rings. The second-order valence-electron chi connectivity index (χ2n) is 23.7. The van der Waals surface area contributed by atoms with Gasteiger partial charge in [-0.15, -0.1) is 0 Å². The topological polar surface area (TPSA) is 0 Å². The van der Waals surface area contributed by atoms with Crippen LogP contribution in [0.4, 0.5) is 0 Å². The van der Waals surface area contributed by atoms with Crippen molar-refractivity contribution in [2.24, 2.45) is 0 Å². The number of fused-ring (bicyclic) bond motifs is 8. The van der Waals surface area contributed by atoms with Gasteiger partial charge in [-0.1, -0.05) is 239 Å². The highest BCUT2D eigenvalue weighted by Crippen LogP contribution is 2.54. The van der Waals surface area contributed by atoms with Crippen LogP contribution in [0.15, 0.2) is 182 Å². The second-order valence-corrected chi connectivity index (χ2v) is 23.7. The van der Waals surface area contributed by atoms with E-state index < -0.39 is 0 Å². The lowest BCUT2D eigenvalue weighted by Crippen LogP contribution is -2.15. The molecule has 70 heavy (non-hydrogen) atoms. The Morgan fingerprint density at radius 1 is 0.257 bits per heavy atom. The summed E-state index contributed by atoms with van der Waals surface area (Å²) in [5.74, 6) is 0. The van der Waals surface area contributed by atoms with Crippen LogP contribution >= 0.6 is 0 Å². The fourth-order valence-electron chi connectivity index (χ4n) is 12.9. The quantitative estimate of drug-likeness (QED) is 0.122.